The number of anilines is 1. The molecule has 0 aromatic carbocycles. The van der Waals surface area contributed by atoms with E-state index in [1.807, 2.05) is 0 Å². The van der Waals surface area contributed by atoms with Gasteiger partial charge < -0.3 is 5.32 Å². The molecule has 2 N–H and O–H groups in total. The number of hydrogen-bond donors (Lipinski definition) is 2. The fourth-order valence-electron chi connectivity index (χ4n) is 3.43. The first kappa shape index (κ1) is 20.9. The van der Waals surface area contributed by atoms with Crippen molar-refractivity contribution in [1.29, 1.82) is 0 Å². The number of sulfonamides is 1. The Morgan fingerprint density at radius 2 is 1.81 bits per heavy atom. The summed E-state index contributed by atoms with van der Waals surface area (Å²) in [6, 6.07) is 0.268. The van der Waals surface area contributed by atoms with Crippen LogP contribution in [0, 0.1) is 5.92 Å². The van der Waals surface area contributed by atoms with Gasteiger partial charge in [0.25, 0.3) is 0 Å². The summed E-state index contributed by atoms with van der Waals surface area (Å²) in [7, 11) is -3.31. The van der Waals surface area contributed by atoms with Crippen LogP contribution in [-0.4, -0.2) is 41.0 Å². The molecule has 0 saturated heterocycles. The smallest absolute Gasteiger partial charge is 0.249 e. The SMILES string of the molecule is CC(C)(C)S(=O)(=O)NCC1CCC(Nc2nc(C3CC(F)(F)C3)ns2)CC1. The Morgan fingerprint density at radius 1 is 1.19 bits per heavy atom. The molecule has 0 radical (unpaired) electrons. The molecule has 0 spiro atoms. The normalized spacial score (nSPS) is 26.6. The molecule has 3 rings (SSSR count). The van der Waals surface area contributed by atoms with Gasteiger partial charge in [0.1, 0.15) is 5.82 Å². The third-order valence-corrected chi connectivity index (χ3v) is 8.26. The fraction of sp³-hybridized carbons (Fsp3) is 0.882. The minimum Gasteiger partial charge on any atom is -0.358 e. The molecule has 0 amide bonds. The predicted octanol–water partition coefficient (Wildman–Crippen LogP) is 3.74. The number of alkyl halides is 2. The third-order valence-electron chi connectivity index (χ3n) is 5.44. The first-order valence-electron chi connectivity index (χ1n) is 9.42. The van der Waals surface area contributed by atoms with E-state index in [4.69, 9.17) is 0 Å². The summed E-state index contributed by atoms with van der Waals surface area (Å²) in [5, 5.41) is 4.05. The lowest BCUT2D eigenvalue weighted by molar-refractivity contribution is -0.0883. The highest BCUT2D eigenvalue weighted by atomic mass is 32.2. The minimum absolute atomic E-state index is 0.154. The summed E-state index contributed by atoms with van der Waals surface area (Å²) in [6.07, 6.45) is 3.42. The van der Waals surface area contributed by atoms with Gasteiger partial charge in [0.15, 0.2) is 0 Å². The molecule has 154 valence electrons. The quantitative estimate of drug-likeness (QED) is 0.730. The Kier molecular flexibility index (Phi) is 5.80. The summed E-state index contributed by atoms with van der Waals surface area (Å²) in [5.74, 6) is -1.92. The van der Waals surface area contributed by atoms with Gasteiger partial charge in [-0.3, -0.25) is 0 Å². The molecule has 2 aliphatic carbocycles. The van der Waals surface area contributed by atoms with E-state index < -0.39 is 20.7 Å². The summed E-state index contributed by atoms with van der Waals surface area (Å²) in [4.78, 5) is 4.38. The second-order valence-electron chi connectivity index (χ2n) is 8.75. The van der Waals surface area contributed by atoms with E-state index in [0.717, 1.165) is 25.7 Å². The van der Waals surface area contributed by atoms with Gasteiger partial charge in [-0.15, -0.1) is 0 Å². The average Bonchev–Trinajstić information content (AvgIpc) is 2.99. The molecule has 27 heavy (non-hydrogen) atoms. The van der Waals surface area contributed by atoms with Gasteiger partial charge in [-0.05, 0) is 52.4 Å². The van der Waals surface area contributed by atoms with Crippen LogP contribution in [0.15, 0.2) is 0 Å². The van der Waals surface area contributed by atoms with Crippen LogP contribution in [0.2, 0.25) is 0 Å². The van der Waals surface area contributed by atoms with Crippen molar-refractivity contribution >= 4 is 26.7 Å². The number of nitrogens with zero attached hydrogens (tertiary/aromatic N) is 2. The molecule has 2 fully saturated rings. The van der Waals surface area contributed by atoms with Gasteiger partial charge in [0.05, 0.1) is 4.75 Å². The van der Waals surface area contributed by atoms with Crippen molar-refractivity contribution in [1.82, 2.24) is 14.1 Å². The molecule has 2 saturated carbocycles. The average molecular weight is 423 g/mol. The lowest BCUT2D eigenvalue weighted by atomic mass is 9.81. The van der Waals surface area contributed by atoms with Gasteiger partial charge in [0, 0.05) is 42.9 Å². The van der Waals surface area contributed by atoms with Gasteiger partial charge in [-0.1, -0.05) is 0 Å². The van der Waals surface area contributed by atoms with Crippen LogP contribution in [0.3, 0.4) is 0 Å². The number of hydrogen-bond acceptors (Lipinski definition) is 6. The Morgan fingerprint density at radius 3 is 2.37 bits per heavy atom. The van der Waals surface area contributed by atoms with Crippen LogP contribution in [-0.2, 0) is 10.0 Å². The topological polar surface area (TPSA) is 84.0 Å². The number of aromatic nitrogens is 2. The maximum absolute atomic E-state index is 13.0. The van der Waals surface area contributed by atoms with Crippen LogP contribution in [0.4, 0.5) is 13.9 Å². The van der Waals surface area contributed by atoms with Crippen molar-refractivity contribution in [3.8, 4) is 0 Å². The Labute approximate surface area is 163 Å². The van der Waals surface area contributed by atoms with Crippen molar-refractivity contribution < 1.29 is 17.2 Å². The maximum Gasteiger partial charge on any atom is 0.249 e. The second kappa shape index (κ2) is 7.51. The van der Waals surface area contributed by atoms with Crippen molar-refractivity contribution in [3.63, 3.8) is 0 Å². The van der Waals surface area contributed by atoms with Crippen molar-refractivity contribution in [3.05, 3.63) is 5.82 Å². The Bertz CT molecular complexity index is 745. The molecule has 1 aromatic heterocycles. The molecular formula is C17H28F2N4O2S2. The Balaban J connectivity index is 1.42. The van der Waals surface area contributed by atoms with Crippen molar-refractivity contribution in [2.75, 3.05) is 11.9 Å². The van der Waals surface area contributed by atoms with E-state index in [1.54, 1.807) is 20.8 Å². The first-order chi connectivity index (χ1) is 12.5. The summed E-state index contributed by atoms with van der Waals surface area (Å²) < 4.78 is 56.4. The van der Waals surface area contributed by atoms with Crippen LogP contribution in [0.1, 0.15) is 71.0 Å². The number of halogens is 2. The zero-order valence-corrected chi connectivity index (χ0v) is 17.6. The van der Waals surface area contributed by atoms with Crippen LogP contribution >= 0.6 is 11.5 Å². The van der Waals surface area contributed by atoms with Crippen LogP contribution < -0.4 is 10.0 Å². The van der Waals surface area contributed by atoms with E-state index in [0.29, 0.717) is 23.4 Å². The highest BCUT2D eigenvalue weighted by molar-refractivity contribution is 7.90. The van der Waals surface area contributed by atoms with E-state index in [1.165, 1.54) is 11.5 Å². The molecular weight excluding hydrogens is 394 g/mol. The van der Waals surface area contributed by atoms with Gasteiger partial charge in [-0.25, -0.2) is 26.9 Å². The minimum atomic E-state index is -3.31. The van der Waals surface area contributed by atoms with Crippen molar-refractivity contribution in [2.45, 2.75) is 81.9 Å². The molecule has 6 nitrogen and oxygen atoms in total. The molecule has 0 bridgehead atoms. The largest absolute Gasteiger partial charge is 0.358 e. The summed E-state index contributed by atoms with van der Waals surface area (Å²) in [5.41, 5.74) is 0. The van der Waals surface area contributed by atoms with E-state index in [-0.39, 0.29) is 24.8 Å². The maximum atomic E-state index is 13.0. The number of nitrogens with one attached hydrogen (secondary N) is 2. The lowest BCUT2D eigenvalue weighted by Gasteiger charge is -2.32. The molecule has 0 aliphatic heterocycles. The standard InChI is InChI=1S/C17H28F2N4O2S2/c1-16(2,3)27(24,25)20-10-11-4-6-13(7-5-11)21-15-22-14(23-26-15)12-8-17(18,19)9-12/h11-13,20H,4-10H2,1-3H3,(H,21,22,23). The van der Waals surface area contributed by atoms with Gasteiger partial charge in [-0.2, -0.15) is 4.37 Å². The number of rotatable bonds is 6. The van der Waals surface area contributed by atoms with E-state index in [9.17, 15) is 17.2 Å². The molecule has 0 atom stereocenters. The van der Waals surface area contributed by atoms with Crippen LogP contribution in [0.5, 0.6) is 0 Å². The summed E-state index contributed by atoms with van der Waals surface area (Å²) in [6.45, 7) is 5.55. The lowest BCUT2D eigenvalue weighted by Crippen LogP contribution is -2.42. The first-order valence-corrected chi connectivity index (χ1v) is 11.7. The monoisotopic (exact) mass is 422 g/mol. The third kappa shape index (κ3) is 5.14. The molecule has 0 unspecified atom stereocenters. The highest BCUT2D eigenvalue weighted by Gasteiger charge is 2.47. The molecule has 10 heteroatoms. The molecule has 1 aromatic rings. The van der Waals surface area contributed by atoms with Gasteiger partial charge in [0.2, 0.25) is 21.1 Å². The highest BCUT2D eigenvalue weighted by Crippen LogP contribution is 2.47. The zero-order chi connectivity index (χ0) is 19.9. The molecule has 2 aliphatic rings. The van der Waals surface area contributed by atoms with Crippen molar-refractivity contribution in [2.24, 2.45) is 5.92 Å². The fourth-order valence-corrected chi connectivity index (χ4v) is 5.04. The summed E-state index contributed by atoms with van der Waals surface area (Å²) >= 11 is 1.23. The van der Waals surface area contributed by atoms with E-state index in [2.05, 4.69) is 19.4 Å². The van der Waals surface area contributed by atoms with Crippen LogP contribution in [0.25, 0.3) is 0 Å². The van der Waals surface area contributed by atoms with Gasteiger partial charge >= 0.3 is 0 Å². The second-order valence-corrected chi connectivity index (χ2v) is 12.0. The molecule has 1 heterocycles. The Hall–Kier alpha value is -0.870. The predicted molar refractivity (Wildman–Crippen MR) is 103 cm³/mol. The van der Waals surface area contributed by atoms with E-state index >= 15 is 0 Å². The zero-order valence-electron chi connectivity index (χ0n) is 16.0.